The Kier molecular flexibility index (Phi) is 2.38. The number of H-pyrrole nitrogens is 1. The molecule has 3 heteroatoms. The zero-order valence-corrected chi connectivity index (χ0v) is 9.22. The van der Waals surface area contributed by atoms with Gasteiger partial charge < -0.3 is 5.11 Å². The monoisotopic (exact) mass is 224 g/mol. The number of nitrogens with one attached hydrogen (secondary N) is 1. The van der Waals surface area contributed by atoms with E-state index >= 15 is 0 Å². The molecule has 2 N–H and O–H groups in total. The van der Waals surface area contributed by atoms with E-state index in [1.54, 1.807) is 0 Å². The summed E-state index contributed by atoms with van der Waals surface area (Å²) in [4.78, 5) is 0. The summed E-state index contributed by atoms with van der Waals surface area (Å²) in [6.45, 7) is -0.0127. The first-order valence-electron chi connectivity index (χ1n) is 5.52. The number of hydrogen-bond donors (Lipinski definition) is 2. The third-order valence-corrected chi connectivity index (χ3v) is 2.90. The Labute approximate surface area is 98.7 Å². The summed E-state index contributed by atoms with van der Waals surface area (Å²) in [5.41, 5.74) is 3.95. The molecule has 0 unspecified atom stereocenters. The molecule has 0 atom stereocenters. The van der Waals surface area contributed by atoms with Crippen molar-refractivity contribution in [3.05, 3.63) is 54.2 Å². The van der Waals surface area contributed by atoms with E-state index in [0.717, 1.165) is 22.2 Å². The predicted molar refractivity (Wildman–Crippen MR) is 67.5 cm³/mol. The lowest BCUT2D eigenvalue weighted by Crippen LogP contribution is -1.82. The van der Waals surface area contributed by atoms with Gasteiger partial charge in [-0.05, 0) is 17.2 Å². The Bertz CT molecular complexity index is 644. The molecule has 1 heterocycles. The van der Waals surface area contributed by atoms with E-state index in [-0.39, 0.29) is 6.61 Å². The van der Waals surface area contributed by atoms with Gasteiger partial charge in [0.15, 0.2) is 0 Å². The van der Waals surface area contributed by atoms with Crippen LogP contribution in [0.3, 0.4) is 0 Å². The van der Waals surface area contributed by atoms with Gasteiger partial charge in [0.1, 0.15) is 0 Å². The van der Waals surface area contributed by atoms with Crippen molar-refractivity contribution in [3.63, 3.8) is 0 Å². The summed E-state index contributed by atoms with van der Waals surface area (Å²) in [6, 6.07) is 16.2. The van der Waals surface area contributed by atoms with E-state index in [9.17, 15) is 0 Å². The Morgan fingerprint density at radius 1 is 1.00 bits per heavy atom. The number of aliphatic hydroxyl groups is 1. The van der Waals surface area contributed by atoms with Crippen LogP contribution in [0, 0.1) is 0 Å². The molecule has 0 radical (unpaired) electrons. The summed E-state index contributed by atoms with van der Waals surface area (Å²) in [7, 11) is 0. The van der Waals surface area contributed by atoms with Crippen LogP contribution < -0.4 is 0 Å². The van der Waals surface area contributed by atoms with Gasteiger partial charge in [0.25, 0.3) is 0 Å². The van der Waals surface area contributed by atoms with Crippen LogP contribution in [0.2, 0.25) is 0 Å². The van der Waals surface area contributed by atoms with Crippen LogP contribution in [0.1, 0.15) is 5.69 Å². The fourth-order valence-corrected chi connectivity index (χ4v) is 2.00. The van der Waals surface area contributed by atoms with E-state index in [1.807, 2.05) is 36.4 Å². The van der Waals surface area contributed by atoms with Crippen molar-refractivity contribution in [2.45, 2.75) is 6.61 Å². The number of nitrogens with zero attached hydrogens (tertiary/aromatic N) is 1. The molecule has 0 saturated carbocycles. The van der Waals surface area contributed by atoms with Gasteiger partial charge >= 0.3 is 0 Å². The number of rotatable bonds is 2. The Hall–Kier alpha value is -2.13. The molecule has 0 aliphatic heterocycles. The molecule has 0 saturated heterocycles. The molecule has 3 rings (SSSR count). The first-order valence-corrected chi connectivity index (χ1v) is 5.52. The number of hydrogen-bond acceptors (Lipinski definition) is 2. The van der Waals surface area contributed by atoms with Crippen LogP contribution in [0.25, 0.3) is 22.0 Å². The molecule has 0 bridgehead atoms. The van der Waals surface area contributed by atoms with Crippen molar-refractivity contribution in [1.29, 1.82) is 0 Å². The van der Waals surface area contributed by atoms with Gasteiger partial charge in [-0.15, -0.1) is 0 Å². The van der Waals surface area contributed by atoms with E-state index in [4.69, 9.17) is 5.11 Å². The second-order valence-electron chi connectivity index (χ2n) is 3.96. The van der Waals surface area contributed by atoms with Gasteiger partial charge in [-0.1, -0.05) is 42.5 Å². The average molecular weight is 224 g/mol. The van der Waals surface area contributed by atoms with Crippen LogP contribution in [0.5, 0.6) is 0 Å². The lowest BCUT2D eigenvalue weighted by Gasteiger charge is -2.01. The van der Waals surface area contributed by atoms with Crippen LogP contribution in [0.4, 0.5) is 0 Å². The topological polar surface area (TPSA) is 48.9 Å². The molecular formula is C14H12N2O. The number of fused-ring (bicyclic) bond motifs is 1. The van der Waals surface area contributed by atoms with Crippen LogP contribution >= 0.6 is 0 Å². The zero-order valence-electron chi connectivity index (χ0n) is 9.22. The van der Waals surface area contributed by atoms with E-state index in [1.165, 1.54) is 5.56 Å². The Morgan fingerprint density at radius 2 is 1.82 bits per heavy atom. The molecular weight excluding hydrogens is 212 g/mol. The van der Waals surface area contributed by atoms with Crippen molar-refractivity contribution in [3.8, 4) is 11.1 Å². The minimum Gasteiger partial charge on any atom is -0.390 e. The van der Waals surface area contributed by atoms with Gasteiger partial charge in [0.2, 0.25) is 0 Å². The van der Waals surface area contributed by atoms with Crippen molar-refractivity contribution < 1.29 is 5.11 Å². The molecule has 17 heavy (non-hydrogen) atoms. The van der Waals surface area contributed by atoms with E-state index in [0.29, 0.717) is 0 Å². The minimum absolute atomic E-state index is 0.0127. The largest absolute Gasteiger partial charge is 0.390 e. The quantitative estimate of drug-likeness (QED) is 0.703. The number of aromatic amines is 1. The van der Waals surface area contributed by atoms with Crippen LogP contribution in [-0.2, 0) is 6.61 Å². The lowest BCUT2D eigenvalue weighted by atomic mass is 10.0. The smallest absolute Gasteiger partial charge is 0.0930 e. The summed E-state index contributed by atoms with van der Waals surface area (Å²) in [5, 5.41) is 17.2. The van der Waals surface area contributed by atoms with Gasteiger partial charge in [-0.25, -0.2) is 0 Å². The Balaban J connectivity index is 2.15. The standard InChI is InChI=1S/C14H12N2O/c17-9-14-12-7-6-11(8-13(12)15-16-14)10-4-2-1-3-5-10/h1-8,17H,9H2,(H,15,16). The highest BCUT2D eigenvalue weighted by Gasteiger charge is 2.05. The molecule has 0 aliphatic rings. The Morgan fingerprint density at radius 3 is 2.59 bits per heavy atom. The minimum atomic E-state index is -0.0127. The fourth-order valence-electron chi connectivity index (χ4n) is 2.00. The summed E-state index contributed by atoms with van der Waals surface area (Å²) in [5.74, 6) is 0. The third-order valence-electron chi connectivity index (χ3n) is 2.90. The van der Waals surface area contributed by atoms with Crippen molar-refractivity contribution in [1.82, 2.24) is 10.2 Å². The van der Waals surface area contributed by atoms with Crippen molar-refractivity contribution in [2.24, 2.45) is 0 Å². The zero-order chi connectivity index (χ0) is 11.7. The normalized spacial score (nSPS) is 10.9. The fraction of sp³-hybridized carbons (Fsp3) is 0.0714. The maximum atomic E-state index is 9.14. The van der Waals surface area contributed by atoms with Crippen LogP contribution in [0.15, 0.2) is 48.5 Å². The third kappa shape index (κ3) is 1.70. The summed E-state index contributed by atoms with van der Waals surface area (Å²) in [6.07, 6.45) is 0. The molecule has 0 aliphatic carbocycles. The predicted octanol–water partition coefficient (Wildman–Crippen LogP) is 2.72. The highest BCUT2D eigenvalue weighted by Crippen LogP contribution is 2.24. The van der Waals surface area contributed by atoms with Gasteiger partial charge in [0.05, 0.1) is 17.8 Å². The lowest BCUT2D eigenvalue weighted by molar-refractivity contribution is 0.278. The first-order chi connectivity index (χ1) is 8.38. The maximum absolute atomic E-state index is 9.14. The highest BCUT2D eigenvalue weighted by molar-refractivity contribution is 5.86. The molecule has 0 fully saturated rings. The summed E-state index contributed by atoms with van der Waals surface area (Å²) < 4.78 is 0. The number of aliphatic hydroxyl groups excluding tert-OH is 1. The van der Waals surface area contributed by atoms with Crippen LogP contribution in [-0.4, -0.2) is 15.3 Å². The maximum Gasteiger partial charge on any atom is 0.0930 e. The number of benzene rings is 2. The molecule has 0 amide bonds. The molecule has 2 aromatic carbocycles. The second-order valence-corrected chi connectivity index (χ2v) is 3.96. The summed E-state index contributed by atoms with van der Waals surface area (Å²) >= 11 is 0. The molecule has 1 aromatic heterocycles. The average Bonchev–Trinajstić information content (AvgIpc) is 2.81. The molecule has 3 nitrogen and oxygen atoms in total. The molecule has 84 valence electrons. The molecule has 0 spiro atoms. The highest BCUT2D eigenvalue weighted by atomic mass is 16.3. The van der Waals surface area contributed by atoms with E-state index < -0.39 is 0 Å². The van der Waals surface area contributed by atoms with Crippen molar-refractivity contribution in [2.75, 3.05) is 0 Å². The molecule has 3 aromatic rings. The number of aromatic nitrogens is 2. The SMILES string of the molecule is OCc1[nH]nc2cc(-c3ccccc3)ccc12. The van der Waals surface area contributed by atoms with Gasteiger partial charge in [-0.2, -0.15) is 5.10 Å². The van der Waals surface area contributed by atoms with Gasteiger partial charge in [-0.3, -0.25) is 5.10 Å². The second kappa shape index (κ2) is 4.03. The van der Waals surface area contributed by atoms with Crippen molar-refractivity contribution >= 4 is 10.9 Å². The first kappa shape index (κ1) is 10.1. The van der Waals surface area contributed by atoms with E-state index in [2.05, 4.69) is 22.3 Å². The van der Waals surface area contributed by atoms with Gasteiger partial charge in [0, 0.05) is 5.39 Å².